The van der Waals surface area contributed by atoms with Crippen LogP contribution in [0.15, 0.2) is 59.9 Å². The molecule has 0 bridgehead atoms. The molecule has 4 aromatic rings. The fourth-order valence-corrected chi connectivity index (χ4v) is 3.39. The lowest BCUT2D eigenvalue weighted by Crippen LogP contribution is -2.11. The predicted octanol–water partition coefficient (Wildman–Crippen LogP) is 2.37. The van der Waals surface area contributed by atoms with Crippen LogP contribution in [-0.4, -0.2) is 44.6 Å². The summed E-state index contributed by atoms with van der Waals surface area (Å²) in [5, 5.41) is 16.3. The van der Waals surface area contributed by atoms with Crippen molar-refractivity contribution in [3.8, 4) is 0 Å². The zero-order valence-corrected chi connectivity index (χ0v) is 16.0. The first kappa shape index (κ1) is 18.0. The second-order valence-corrected chi connectivity index (χ2v) is 8.32. The van der Waals surface area contributed by atoms with Gasteiger partial charge in [-0.05, 0) is 43.3 Å². The van der Waals surface area contributed by atoms with E-state index in [4.69, 9.17) is 0 Å². The molecule has 1 aromatic carbocycles. The minimum atomic E-state index is -3.24. The van der Waals surface area contributed by atoms with Gasteiger partial charge in [-0.2, -0.15) is 20.3 Å². The maximum atomic E-state index is 11.6. The van der Waals surface area contributed by atoms with Gasteiger partial charge in [0.15, 0.2) is 15.5 Å². The van der Waals surface area contributed by atoms with E-state index in [1.165, 1.54) is 18.4 Å². The summed E-state index contributed by atoms with van der Waals surface area (Å²) in [5.41, 5.74) is 2.11. The Hall–Kier alpha value is -3.40. The van der Waals surface area contributed by atoms with E-state index in [9.17, 15) is 8.42 Å². The normalized spacial score (nSPS) is 12.8. The lowest BCUT2D eigenvalue weighted by atomic mass is 10.2. The van der Waals surface area contributed by atoms with Crippen LogP contribution < -0.4 is 5.32 Å². The summed E-state index contributed by atoms with van der Waals surface area (Å²) in [5.74, 6) is 0.382. The number of benzene rings is 1. The van der Waals surface area contributed by atoms with E-state index in [1.54, 1.807) is 35.4 Å². The van der Waals surface area contributed by atoms with Crippen LogP contribution in [0.2, 0.25) is 0 Å². The Kier molecular flexibility index (Phi) is 4.47. The molecule has 0 spiro atoms. The maximum absolute atomic E-state index is 11.6. The Morgan fingerprint density at radius 1 is 1.11 bits per heavy atom. The van der Waals surface area contributed by atoms with Crippen LogP contribution in [0.4, 0.5) is 11.6 Å². The van der Waals surface area contributed by atoms with Crippen molar-refractivity contribution in [3.05, 3.63) is 60.7 Å². The van der Waals surface area contributed by atoms with Crippen LogP contribution >= 0.6 is 0 Å². The molecule has 3 heterocycles. The maximum Gasteiger partial charge on any atom is 0.229 e. The Bertz CT molecular complexity index is 1220. The van der Waals surface area contributed by atoms with E-state index in [0.717, 1.165) is 11.1 Å². The molecule has 0 aliphatic carbocycles. The van der Waals surface area contributed by atoms with Gasteiger partial charge in [0, 0.05) is 24.3 Å². The molecule has 0 aliphatic heterocycles. The Morgan fingerprint density at radius 3 is 2.57 bits per heavy atom. The van der Waals surface area contributed by atoms with E-state index in [0.29, 0.717) is 17.3 Å². The third-order valence-electron chi connectivity index (χ3n) is 4.26. The van der Waals surface area contributed by atoms with Gasteiger partial charge in [0.1, 0.15) is 0 Å². The van der Waals surface area contributed by atoms with Crippen molar-refractivity contribution in [2.24, 2.45) is 0 Å². The molecule has 1 N–H and O–H groups in total. The van der Waals surface area contributed by atoms with Gasteiger partial charge in [-0.1, -0.05) is 0 Å². The lowest BCUT2D eigenvalue weighted by molar-refractivity contribution is 0.558. The Balaban J connectivity index is 1.64. The topological polar surface area (TPSA) is 116 Å². The molecule has 0 fully saturated rings. The minimum Gasteiger partial charge on any atom is -0.324 e. The number of hydrogen-bond acceptors (Lipinski definition) is 8. The molecule has 1 unspecified atom stereocenters. The zero-order valence-electron chi connectivity index (χ0n) is 15.2. The van der Waals surface area contributed by atoms with Crippen LogP contribution in [0, 0.1) is 0 Å². The first-order chi connectivity index (χ1) is 13.4. The summed E-state index contributed by atoms with van der Waals surface area (Å²) in [6.07, 6.45) is 6.18. The van der Waals surface area contributed by atoms with Crippen molar-refractivity contribution in [3.63, 3.8) is 0 Å². The molecule has 1 atom stereocenters. The molecule has 10 heteroatoms. The second kappa shape index (κ2) is 6.97. The van der Waals surface area contributed by atoms with Crippen molar-refractivity contribution < 1.29 is 8.42 Å². The Morgan fingerprint density at radius 2 is 1.89 bits per heavy atom. The largest absolute Gasteiger partial charge is 0.324 e. The fraction of sp³-hybridized carbons (Fsp3) is 0.167. The lowest BCUT2D eigenvalue weighted by Gasteiger charge is -2.12. The van der Waals surface area contributed by atoms with Gasteiger partial charge in [-0.15, -0.1) is 0 Å². The van der Waals surface area contributed by atoms with Gasteiger partial charge in [0.2, 0.25) is 5.95 Å². The third-order valence-corrected chi connectivity index (χ3v) is 5.39. The number of aromatic nitrogens is 6. The smallest absolute Gasteiger partial charge is 0.229 e. The molecule has 28 heavy (non-hydrogen) atoms. The molecule has 0 aliphatic rings. The fourth-order valence-electron chi connectivity index (χ4n) is 2.76. The standard InChI is InChI=1S/C18H17N7O2S/c1-12(16-4-3-9-20-24-16)25-17-13(11-21-25)10-19-18(23-17)22-14-5-7-15(8-6-14)28(2,26)27/h3-12H,1-2H3,(H,19,22,23). The van der Waals surface area contributed by atoms with Gasteiger partial charge in [0.05, 0.1) is 28.2 Å². The summed E-state index contributed by atoms with van der Waals surface area (Å²) in [6, 6.07) is 9.98. The van der Waals surface area contributed by atoms with Crippen molar-refractivity contribution in [2.45, 2.75) is 17.9 Å². The molecule has 9 nitrogen and oxygen atoms in total. The van der Waals surface area contributed by atoms with E-state index in [2.05, 4.69) is 30.6 Å². The van der Waals surface area contributed by atoms with Gasteiger partial charge < -0.3 is 5.32 Å². The number of anilines is 2. The van der Waals surface area contributed by atoms with E-state index < -0.39 is 9.84 Å². The summed E-state index contributed by atoms with van der Waals surface area (Å²) in [6.45, 7) is 1.97. The Labute approximate surface area is 161 Å². The summed E-state index contributed by atoms with van der Waals surface area (Å²) < 4.78 is 24.9. The highest BCUT2D eigenvalue weighted by atomic mass is 32.2. The minimum absolute atomic E-state index is 0.150. The zero-order chi connectivity index (χ0) is 19.7. The van der Waals surface area contributed by atoms with E-state index in [1.807, 2.05) is 19.1 Å². The number of hydrogen-bond donors (Lipinski definition) is 1. The van der Waals surface area contributed by atoms with Crippen LogP contribution in [0.5, 0.6) is 0 Å². The molecular formula is C18H17N7O2S. The summed E-state index contributed by atoms with van der Waals surface area (Å²) >= 11 is 0. The quantitative estimate of drug-likeness (QED) is 0.547. The van der Waals surface area contributed by atoms with E-state index >= 15 is 0 Å². The number of nitrogens with zero attached hydrogens (tertiary/aromatic N) is 6. The molecule has 0 amide bonds. The monoisotopic (exact) mass is 395 g/mol. The summed E-state index contributed by atoms with van der Waals surface area (Å²) in [7, 11) is -3.24. The van der Waals surface area contributed by atoms with Gasteiger partial charge in [0.25, 0.3) is 0 Å². The first-order valence-electron chi connectivity index (χ1n) is 8.47. The van der Waals surface area contributed by atoms with Crippen LogP contribution in [0.3, 0.4) is 0 Å². The highest BCUT2D eigenvalue weighted by molar-refractivity contribution is 7.90. The van der Waals surface area contributed by atoms with Gasteiger partial charge >= 0.3 is 0 Å². The highest BCUT2D eigenvalue weighted by Crippen LogP contribution is 2.22. The average Bonchev–Trinajstić information content (AvgIpc) is 3.11. The molecule has 4 rings (SSSR count). The van der Waals surface area contributed by atoms with Crippen molar-refractivity contribution in [1.29, 1.82) is 0 Å². The highest BCUT2D eigenvalue weighted by Gasteiger charge is 2.15. The second-order valence-electron chi connectivity index (χ2n) is 6.31. The summed E-state index contributed by atoms with van der Waals surface area (Å²) in [4.78, 5) is 9.11. The molecule has 0 saturated carbocycles. The number of sulfone groups is 1. The van der Waals surface area contributed by atoms with Crippen molar-refractivity contribution >= 4 is 32.5 Å². The van der Waals surface area contributed by atoms with Crippen molar-refractivity contribution in [2.75, 3.05) is 11.6 Å². The van der Waals surface area contributed by atoms with Crippen LogP contribution in [0.25, 0.3) is 11.0 Å². The number of rotatable bonds is 5. The van der Waals surface area contributed by atoms with Crippen molar-refractivity contribution in [1.82, 2.24) is 29.9 Å². The first-order valence-corrected chi connectivity index (χ1v) is 10.4. The molecule has 142 valence electrons. The van der Waals surface area contributed by atoms with Crippen LogP contribution in [0.1, 0.15) is 18.7 Å². The van der Waals surface area contributed by atoms with Crippen LogP contribution in [-0.2, 0) is 9.84 Å². The number of nitrogens with one attached hydrogen (secondary N) is 1. The molecular weight excluding hydrogens is 378 g/mol. The average molecular weight is 395 g/mol. The SMILES string of the molecule is CC(c1cccnn1)n1ncc2cnc(Nc3ccc(S(C)(=O)=O)cc3)nc21. The third kappa shape index (κ3) is 3.54. The number of fused-ring (bicyclic) bond motifs is 1. The molecule has 0 radical (unpaired) electrons. The molecule has 3 aromatic heterocycles. The molecule has 0 saturated heterocycles. The van der Waals surface area contributed by atoms with E-state index in [-0.39, 0.29) is 10.9 Å². The predicted molar refractivity (Wildman–Crippen MR) is 104 cm³/mol. The van der Waals surface area contributed by atoms with Gasteiger partial charge in [-0.25, -0.2) is 18.1 Å². The van der Waals surface area contributed by atoms with Gasteiger partial charge in [-0.3, -0.25) is 0 Å².